The van der Waals surface area contributed by atoms with Crippen LogP contribution in [-0.4, -0.2) is 36.3 Å². The number of rotatable bonds is 10. The molecule has 0 atom stereocenters. The number of carbonyl (C=O) groups excluding carboxylic acids is 1. The Balaban J connectivity index is 1.44. The molecule has 0 aliphatic heterocycles. The molecule has 0 saturated carbocycles. The zero-order valence-corrected chi connectivity index (χ0v) is 19.7. The van der Waals surface area contributed by atoms with Crippen LogP contribution in [0.25, 0.3) is 11.0 Å². The highest BCUT2D eigenvalue weighted by molar-refractivity contribution is 5.94. The Morgan fingerprint density at radius 1 is 0.941 bits per heavy atom. The van der Waals surface area contributed by atoms with Crippen LogP contribution in [0.3, 0.4) is 0 Å². The van der Waals surface area contributed by atoms with E-state index in [1.54, 1.807) is 32.4 Å². The molecule has 0 saturated heterocycles. The van der Waals surface area contributed by atoms with Crippen LogP contribution in [0.1, 0.15) is 28.2 Å². The fourth-order valence-electron chi connectivity index (χ4n) is 3.87. The minimum absolute atomic E-state index is 0.206. The van der Waals surface area contributed by atoms with Gasteiger partial charge in [0, 0.05) is 12.1 Å². The lowest BCUT2D eigenvalue weighted by molar-refractivity contribution is 0.0949. The highest BCUT2D eigenvalue weighted by Gasteiger charge is 2.14. The van der Waals surface area contributed by atoms with Gasteiger partial charge in [0.25, 0.3) is 5.91 Å². The second kappa shape index (κ2) is 10.7. The van der Waals surface area contributed by atoms with E-state index >= 15 is 0 Å². The topological polar surface area (TPSA) is 74.6 Å². The van der Waals surface area contributed by atoms with Gasteiger partial charge in [0.2, 0.25) is 0 Å². The molecule has 0 spiro atoms. The maximum absolute atomic E-state index is 12.8. The van der Waals surface area contributed by atoms with Gasteiger partial charge in [0.1, 0.15) is 11.6 Å². The number of imidazole rings is 1. The van der Waals surface area contributed by atoms with Gasteiger partial charge in [-0.3, -0.25) is 4.79 Å². The van der Waals surface area contributed by atoms with Gasteiger partial charge >= 0.3 is 0 Å². The van der Waals surface area contributed by atoms with Crippen molar-refractivity contribution in [3.05, 3.63) is 83.7 Å². The fraction of sp³-hybridized carbons (Fsp3) is 0.259. The molecule has 0 aliphatic carbocycles. The molecule has 4 aromatic rings. The lowest BCUT2D eigenvalue weighted by atomic mass is 10.2. The lowest BCUT2D eigenvalue weighted by Gasteiger charge is -2.13. The SMILES string of the molecule is COc1ccc(C(=O)NCc2nc3ccccc3n2CCCOc2ccccc2C)cc1OC. The number of hydrogen-bond acceptors (Lipinski definition) is 5. The Bertz CT molecular complexity index is 1280. The minimum Gasteiger partial charge on any atom is -0.493 e. The van der Waals surface area contributed by atoms with Crippen LogP contribution >= 0.6 is 0 Å². The van der Waals surface area contributed by atoms with Crippen LogP contribution in [0.4, 0.5) is 0 Å². The Morgan fingerprint density at radius 3 is 2.50 bits per heavy atom. The Labute approximate surface area is 199 Å². The van der Waals surface area contributed by atoms with Crippen molar-refractivity contribution in [2.24, 2.45) is 0 Å². The van der Waals surface area contributed by atoms with Crippen LogP contribution in [0.15, 0.2) is 66.7 Å². The van der Waals surface area contributed by atoms with Gasteiger partial charge in [-0.15, -0.1) is 0 Å². The lowest BCUT2D eigenvalue weighted by Crippen LogP contribution is -2.25. The predicted octanol–water partition coefficient (Wildman–Crippen LogP) is 4.76. The van der Waals surface area contributed by atoms with E-state index in [1.807, 2.05) is 55.5 Å². The van der Waals surface area contributed by atoms with Gasteiger partial charge in [-0.2, -0.15) is 0 Å². The van der Waals surface area contributed by atoms with Gasteiger partial charge in [0.15, 0.2) is 11.5 Å². The number of para-hydroxylation sites is 3. The predicted molar refractivity (Wildman–Crippen MR) is 132 cm³/mol. The zero-order chi connectivity index (χ0) is 23.9. The van der Waals surface area contributed by atoms with Crippen molar-refractivity contribution >= 4 is 16.9 Å². The maximum Gasteiger partial charge on any atom is 0.251 e. The summed E-state index contributed by atoms with van der Waals surface area (Å²) in [7, 11) is 3.11. The molecular weight excluding hydrogens is 430 g/mol. The van der Waals surface area contributed by atoms with Gasteiger partial charge in [-0.25, -0.2) is 4.98 Å². The van der Waals surface area contributed by atoms with Gasteiger partial charge in [-0.05, 0) is 55.3 Å². The summed E-state index contributed by atoms with van der Waals surface area (Å²) in [6, 6.07) is 21.1. The second-order valence-corrected chi connectivity index (χ2v) is 7.89. The molecule has 4 rings (SSSR count). The van der Waals surface area contributed by atoms with Crippen LogP contribution in [0.5, 0.6) is 17.2 Å². The first-order valence-corrected chi connectivity index (χ1v) is 11.2. The standard InChI is InChI=1S/C27H29N3O4/c1-19-9-4-7-12-23(19)34-16-8-15-30-22-11-6-5-10-21(22)29-26(30)18-28-27(31)20-13-14-24(32-2)25(17-20)33-3/h4-7,9-14,17H,8,15-16,18H2,1-3H3,(H,28,31). The van der Waals surface area contributed by atoms with Crippen molar-refractivity contribution in [1.29, 1.82) is 0 Å². The number of nitrogens with zero attached hydrogens (tertiary/aromatic N) is 2. The molecule has 0 fully saturated rings. The van der Waals surface area contributed by atoms with Crippen LogP contribution in [0, 0.1) is 6.92 Å². The molecule has 0 aliphatic rings. The highest BCUT2D eigenvalue weighted by Crippen LogP contribution is 2.27. The largest absolute Gasteiger partial charge is 0.493 e. The summed E-state index contributed by atoms with van der Waals surface area (Å²) in [6.45, 7) is 3.67. The first-order valence-electron chi connectivity index (χ1n) is 11.2. The molecule has 0 bridgehead atoms. The van der Waals surface area contributed by atoms with E-state index < -0.39 is 0 Å². The van der Waals surface area contributed by atoms with Gasteiger partial charge < -0.3 is 24.1 Å². The number of ether oxygens (including phenoxy) is 3. The Kier molecular flexibility index (Phi) is 7.32. The molecule has 0 radical (unpaired) electrons. The van der Waals surface area contributed by atoms with Gasteiger partial charge in [-0.1, -0.05) is 30.3 Å². The smallest absolute Gasteiger partial charge is 0.251 e. The first kappa shape index (κ1) is 23.2. The number of hydrogen-bond donors (Lipinski definition) is 1. The Morgan fingerprint density at radius 2 is 1.71 bits per heavy atom. The third kappa shape index (κ3) is 5.14. The van der Waals surface area contributed by atoms with Crippen LogP contribution < -0.4 is 19.5 Å². The van der Waals surface area contributed by atoms with E-state index in [-0.39, 0.29) is 5.91 Å². The second-order valence-electron chi connectivity index (χ2n) is 7.89. The summed E-state index contributed by atoms with van der Waals surface area (Å²) in [4.78, 5) is 17.6. The summed E-state index contributed by atoms with van der Waals surface area (Å²) < 4.78 is 18.7. The molecule has 1 amide bonds. The normalized spacial score (nSPS) is 10.8. The molecule has 176 valence electrons. The number of methoxy groups -OCH3 is 2. The number of benzene rings is 3. The number of aryl methyl sites for hydroxylation is 2. The summed E-state index contributed by atoms with van der Waals surface area (Å²) in [5, 5.41) is 2.98. The molecule has 0 unspecified atom stereocenters. The zero-order valence-electron chi connectivity index (χ0n) is 19.7. The summed E-state index contributed by atoms with van der Waals surface area (Å²) in [6.07, 6.45) is 0.811. The quantitative estimate of drug-likeness (QED) is 0.346. The van der Waals surface area contributed by atoms with Crippen molar-refractivity contribution in [3.8, 4) is 17.2 Å². The summed E-state index contributed by atoms with van der Waals surface area (Å²) in [5.74, 6) is 2.58. The van der Waals surface area contributed by atoms with Crippen molar-refractivity contribution in [2.45, 2.75) is 26.4 Å². The number of fused-ring (bicyclic) bond motifs is 1. The number of carbonyl (C=O) groups is 1. The van der Waals surface area contributed by atoms with E-state index in [0.717, 1.165) is 41.1 Å². The van der Waals surface area contributed by atoms with Gasteiger partial charge in [0.05, 0.1) is 38.4 Å². The number of aromatic nitrogens is 2. The molecule has 1 N–H and O–H groups in total. The van der Waals surface area contributed by atoms with Crippen molar-refractivity contribution < 1.29 is 19.0 Å². The maximum atomic E-state index is 12.8. The van der Waals surface area contributed by atoms with Crippen molar-refractivity contribution in [3.63, 3.8) is 0 Å². The van der Waals surface area contributed by atoms with Crippen molar-refractivity contribution in [1.82, 2.24) is 14.9 Å². The Hall–Kier alpha value is -4.00. The van der Waals surface area contributed by atoms with Crippen LogP contribution in [-0.2, 0) is 13.1 Å². The van der Waals surface area contributed by atoms with E-state index in [4.69, 9.17) is 19.2 Å². The summed E-state index contributed by atoms with van der Waals surface area (Å²) >= 11 is 0. The third-order valence-corrected chi connectivity index (χ3v) is 5.66. The van der Waals surface area contributed by atoms with E-state index in [9.17, 15) is 4.79 Å². The fourth-order valence-corrected chi connectivity index (χ4v) is 3.87. The number of amides is 1. The average Bonchev–Trinajstić information content (AvgIpc) is 3.23. The van der Waals surface area contributed by atoms with E-state index in [1.165, 1.54) is 0 Å². The number of nitrogens with one attached hydrogen (secondary N) is 1. The average molecular weight is 460 g/mol. The van der Waals surface area contributed by atoms with E-state index in [2.05, 4.69) is 9.88 Å². The molecule has 1 heterocycles. The molecular formula is C27H29N3O4. The minimum atomic E-state index is -0.206. The monoisotopic (exact) mass is 459 g/mol. The van der Waals surface area contributed by atoms with Crippen LogP contribution in [0.2, 0.25) is 0 Å². The molecule has 1 aromatic heterocycles. The molecule has 7 heteroatoms. The third-order valence-electron chi connectivity index (χ3n) is 5.66. The van der Waals surface area contributed by atoms with Crippen molar-refractivity contribution in [2.75, 3.05) is 20.8 Å². The first-order chi connectivity index (χ1) is 16.6. The molecule has 34 heavy (non-hydrogen) atoms. The summed E-state index contributed by atoms with van der Waals surface area (Å²) in [5.41, 5.74) is 3.55. The highest BCUT2D eigenvalue weighted by atomic mass is 16.5. The molecule has 7 nitrogen and oxygen atoms in total. The molecule has 3 aromatic carbocycles. The van der Waals surface area contributed by atoms with E-state index in [0.29, 0.717) is 30.2 Å².